The minimum absolute atomic E-state index is 0.00447. The monoisotopic (exact) mass is 326 g/mol. The molecule has 24 heavy (non-hydrogen) atoms. The smallest absolute Gasteiger partial charge is 0.317 e. The van der Waals surface area contributed by atoms with E-state index in [-0.39, 0.29) is 12.1 Å². The summed E-state index contributed by atoms with van der Waals surface area (Å²) in [5.74, 6) is 0.650. The maximum Gasteiger partial charge on any atom is 0.317 e. The van der Waals surface area contributed by atoms with Gasteiger partial charge in [-0.05, 0) is 24.1 Å². The minimum atomic E-state index is -0.00447. The SMILES string of the molecule is O=C(NCCc1cccnc1)N1CCC(Oc2ccccn2)CC1. The molecule has 1 fully saturated rings. The van der Waals surface area contributed by atoms with E-state index >= 15 is 0 Å². The Bertz CT molecular complexity index is 628. The molecule has 6 heteroatoms. The Labute approximate surface area is 141 Å². The van der Waals surface area contributed by atoms with E-state index < -0.39 is 0 Å². The molecule has 0 spiro atoms. The first kappa shape index (κ1) is 16.2. The number of hydrogen-bond donors (Lipinski definition) is 1. The minimum Gasteiger partial charge on any atom is -0.474 e. The maximum atomic E-state index is 12.2. The van der Waals surface area contributed by atoms with Crippen molar-refractivity contribution in [3.63, 3.8) is 0 Å². The summed E-state index contributed by atoms with van der Waals surface area (Å²) in [6, 6.07) is 9.55. The molecule has 126 valence electrons. The number of likely N-dealkylation sites (tertiary alicyclic amines) is 1. The number of ether oxygens (including phenoxy) is 1. The van der Waals surface area contributed by atoms with Gasteiger partial charge in [-0.2, -0.15) is 0 Å². The third-order valence-electron chi connectivity index (χ3n) is 4.07. The summed E-state index contributed by atoms with van der Waals surface area (Å²) in [6.07, 6.45) is 7.86. The summed E-state index contributed by atoms with van der Waals surface area (Å²) < 4.78 is 5.85. The van der Waals surface area contributed by atoms with Crippen LogP contribution in [0.3, 0.4) is 0 Å². The Morgan fingerprint density at radius 3 is 2.79 bits per heavy atom. The molecule has 0 bridgehead atoms. The predicted molar refractivity (Wildman–Crippen MR) is 90.8 cm³/mol. The van der Waals surface area contributed by atoms with Gasteiger partial charge in [0.15, 0.2) is 0 Å². The van der Waals surface area contributed by atoms with Crippen LogP contribution in [0.5, 0.6) is 5.88 Å². The summed E-state index contributed by atoms with van der Waals surface area (Å²) in [7, 11) is 0. The van der Waals surface area contributed by atoms with E-state index in [0.29, 0.717) is 25.5 Å². The summed E-state index contributed by atoms with van der Waals surface area (Å²) in [5, 5.41) is 2.97. The molecular formula is C18H22N4O2. The molecule has 1 saturated heterocycles. The Hall–Kier alpha value is -2.63. The van der Waals surface area contributed by atoms with Crippen LogP contribution in [-0.2, 0) is 6.42 Å². The Kier molecular flexibility index (Phi) is 5.61. The Morgan fingerprint density at radius 1 is 1.21 bits per heavy atom. The van der Waals surface area contributed by atoms with Crippen LogP contribution >= 0.6 is 0 Å². The molecule has 1 N–H and O–H groups in total. The Balaban J connectivity index is 1.37. The number of carbonyl (C=O) groups is 1. The fourth-order valence-corrected chi connectivity index (χ4v) is 2.74. The average Bonchev–Trinajstić information content (AvgIpc) is 2.64. The lowest BCUT2D eigenvalue weighted by molar-refractivity contribution is 0.107. The second-order valence-electron chi connectivity index (χ2n) is 5.82. The van der Waals surface area contributed by atoms with E-state index in [9.17, 15) is 4.79 Å². The normalized spacial score (nSPS) is 15.1. The van der Waals surface area contributed by atoms with Crippen LogP contribution in [0.25, 0.3) is 0 Å². The zero-order valence-electron chi connectivity index (χ0n) is 13.6. The molecule has 0 aromatic carbocycles. The van der Waals surface area contributed by atoms with Gasteiger partial charge >= 0.3 is 6.03 Å². The predicted octanol–water partition coefficient (Wildman–Crippen LogP) is 2.27. The van der Waals surface area contributed by atoms with Gasteiger partial charge in [0.1, 0.15) is 6.10 Å². The lowest BCUT2D eigenvalue weighted by atomic mass is 10.1. The summed E-state index contributed by atoms with van der Waals surface area (Å²) in [6.45, 7) is 2.03. The number of pyridine rings is 2. The number of nitrogens with zero attached hydrogens (tertiary/aromatic N) is 3. The van der Waals surface area contributed by atoms with Crippen molar-refractivity contribution in [3.05, 3.63) is 54.5 Å². The number of amides is 2. The van der Waals surface area contributed by atoms with Crippen molar-refractivity contribution >= 4 is 6.03 Å². The van der Waals surface area contributed by atoms with Crippen LogP contribution in [-0.4, -0.2) is 46.6 Å². The largest absolute Gasteiger partial charge is 0.474 e. The van der Waals surface area contributed by atoms with Gasteiger partial charge < -0.3 is 15.0 Å². The molecule has 3 rings (SSSR count). The summed E-state index contributed by atoms with van der Waals surface area (Å²) in [5.41, 5.74) is 1.13. The van der Waals surface area contributed by atoms with Crippen molar-refractivity contribution in [2.24, 2.45) is 0 Å². The van der Waals surface area contributed by atoms with Crippen molar-refractivity contribution < 1.29 is 9.53 Å². The van der Waals surface area contributed by atoms with Crippen LogP contribution in [0.4, 0.5) is 4.79 Å². The molecular weight excluding hydrogens is 304 g/mol. The second-order valence-corrected chi connectivity index (χ2v) is 5.82. The van der Waals surface area contributed by atoms with E-state index in [4.69, 9.17) is 4.74 Å². The first-order chi connectivity index (χ1) is 11.8. The van der Waals surface area contributed by atoms with Crippen molar-refractivity contribution in [2.45, 2.75) is 25.4 Å². The number of aromatic nitrogens is 2. The zero-order chi connectivity index (χ0) is 16.6. The van der Waals surface area contributed by atoms with Gasteiger partial charge in [0.05, 0.1) is 0 Å². The number of carbonyl (C=O) groups excluding carboxylic acids is 1. The molecule has 2 aromatic rings. The van der Waals surface area contributed by atoms with Gasteiger partial charge in [0, 0.05) is 57.1 Å². The molecule has 6 nitrogen and oxygen atoms in total. The van der Waals surface area contributed by atoms with Gasteiger partial charge in [-0.25, -0.2) is 9.78 Å². The van der Waals surface area contributed by atoms with E-state index in [0.717, 1.165) is 24.8 Å². The van der Waals surface area contributed by atoms with E-state index in [1.54, 1.807) is 12.4 Å². The van der Waals surface area contributed by atoms with Crippen LogP contribution < -0.4 is 10.1 Å². The average molecular weight is 326 g/mol. The highest BCUT2D eigenvalue weighted by molar-refractivity contribution is 5.74. The highest BCUT2D eigenvalue weighted by Gasteiger charge is 2.23. The van der Waals surface area contributed by atoms with Crippen LogP contribution in [0.15, 0.2) is 48.9 Å². The zero-order valence-corrected chi connectivity index (χ0v) is 13.6. The third kappa shape index (κ3) is 4.68. The quantitative estimate of drug-likeness (QED) is 0.915. The molecule has 2 aromatic heterocycles. The first-order valence-corrected chi connectivity index (χ1v) is 8.30. The topological polar surface area (TPSA) is 67.4 Å². The van der Waals surface area contributed by atoms with Gasteiger partial charge in [-0.1, -0.05) is 12.1 Å². The summed E-state index contributed by atoms with van der Waals surface area (Å²) in [4.78, 5) is 22.3. The fraction of sp³-hybridized carbons (Fsp3) is 0.389. The molecule has 0 unspecified atom stereocenters. The second kappa shape index (κ2) is 8.29. The molecule has 1 aliphatic rings. The van der Waals surface area contributed by atoms with Crippen molar-refractivity contribution in [1.29, 1.82) is 0 Å². The number of urea groups is 1. The molecule has 0 atom stereocenters. The van der Waals surface area contributed by atoms with Gasteiger partial charge in [-0.15, -0.1) is 0 Å². The van der Waals surface area contributed by atoms with E-state index in [2.05, 4.69) is 15.3 Å². The first-order valence-electron chi connectivity index (χ1n) is 8.30. The summed E-state index contributed by atoms with van der Waals surface area (Å²) >= 11 is 0. The number of nitrogens with one attached hydrogen (secondary N) is 1. The highest BCUT2D eigenvalue weighted by atomic mass is 16.5. The standard InChI is InChI=1S/C18H22N4O2/c23-18(21-11-6-15-4-3-9-19-14-15)22-12-7-16(8-13-22)24-17-5-1-2-10-20-17/h1-5,9-10,14,16H,6-8,11-13H2,(H,21,23). The van der Waals surface area contributed by atoms with Crippen molar-refractivity contribution in [1.82, 2.24) is 20.2 Å². The van der Waals surface area contributed by atoms with Crippen molar-refractivity contribution in [2.75, 3.05) is 19.6 Å². The lowest BCUT2D eigenvalue weighted by Gasteiger charge is -2.31. The molecule has 3 heterocycles. The third-order valence-corrected chi connectivity index (χ3v) is 4.07. The van der Waals surface area contributed by atoms with Crippen LogP contribution in [0.2, 0.25) is 0 Å². The Morgan fingerprint density at radius 2 is 2.08 bits per heavy atom. The van der Waals surface area contributed by atoms with Crippen molar-refractivity contribution in [3.8, 4) is 5.88 Å². The number of piperidine rings is 1. The number of rotatable bonds is 5. The highest BCUT2D eigenvalue weighted by Crippen LogP contribution is 2.16. The lowest BCUT2D eigenvalue weighted by Crippen LogP contribution is -2.46. The van der Waals surface area contributed by atoms with Gasteiger partial charge in [0.25, 0.3) is 0 Å². The molecule has 0 saturated carbocycles. The molecule has 2 amide bonds. The molecule has 0 radical (unpaired) electrons. The van der Waals surface area contributed by atoms with E-state index in [1.165, 1.54) is 0 Å². The molecule has 0 aliphatic carbocycles. The van der Waals surface area contributed by atoms with Gasteiger partial charge in [0.2, 0.25) is 5.88 Å². The maximum absolute atomic E-state index is 12.2. The fourth-order valence-electron chi connectivity index (χ4n) is 2.74. The molecule has 1 aliphatic heterocycles. The van der Waals surface area contributed by atoms with Crippen LogP contribution in [0.1, 0.15) is 18.4 Å². The van der Waals surface area contributed by atoms with Gasteiger partial charge in [-0.3, -0.25) is 4.98 Å². The number of hydrogen-bond acceptors (Lipinski definition) is 4. The van der Waals surface area contributed by atoms with E-state index in [1.807, 2.05) is 41.4 Å². The van der Waals surface area contributed by atoms with Crippen LogP contribution in [0, 0.1) is 0 Å².